The Balaban J connectivity index is 0.00000192. The van der Waals surface area contributed by atoms with Crippen LogP contribution in [0.2, 0.25) is 0 Å². The van der Waals surface area contributed by atoms with Crippen LogP contribution < -0.4 is 16.2 Å². The highest BCUT2D eigenvalue weighted by atomic mass is 35.5. The number of halogens is 1. The molecule has 0 spiro atoms. The summed E-state index contributed by atoms with van der Waals surface area (Å²) in [6.07, 6.45) is 4.08. The molecule has 2 N–H and O–H groups in total. The summed E-state index contributed by atoms with van der Waals surface area (Å²) in [5.41, 5.74) is 1.24. The van der Waals surface area contributed by atoms with Gasteiger partial charge in [0.15, 0.2) is 0 Å². The zero-order valence-electron chi connectivity index (χ0n) is 13.2. The fourth-order valence-electron chi connectivity index (χ4n) is 2.77. The van der Waals surface area contributed by atoms with E-state index in [1.165, 1.54) is 10.6 Å². The summed E-state index contributed by atoms with van der Waals surface area (Å²) >= 11 is 0. The van der Waals surface area contributed by atoms with Gasteiger partial charge in [-0.15, -0.1) is 12.4 Å². The van der Waals surface area contributed by atoms with E-state index in [0.717, 1.165) is 25.1 Å². The van der Waals surface area contributed by atoms with Gasteiger partial charge in [-0.3, -0.25) is 14.0 Å². The molecule has 3 heterocycles. The van der Waals surface area contributed by atoms with Gasteiger partial charge in [-0.2, -0.15) is 0 Å². The second-order valence-corrected chi connectivity index (χ2v) is 5.96. The number of aromatic nitrogens is 2. The molecule has 1 fully saturated rings. The van der Waals surface area contributed by atoms with Crippen LogP contribution in [-0.2, 0) is 0 Å². The zero-order valence-corrected chi connectivity index (χ0v) is 14.0. The van der Waals surface area contributed by atoms with Gasteiger partial charge in [0.1, 0.15) is 11.2 Å². The Bertz CT molecular complexity index is 774. The molecule has 0 aliphatic carbocycles. The summed E-state index contributed by atoms with van der Waals surface area (Å²) in [7, 11) is 0. The van der Waals surface area contributed by atoms with Crippen LogP contribution in [0.15, 0.2) is 29.3 Å². The van der Waals surface area contributed by atoms with E-state index in [2.05, 4.69) is 22.5 Å². The number of hydrogen-bond acceptors (Lipinski definition) is 4. The third kappa shape index (κ3) is 3.54. The van der Waals surface area contributed by atoms with Gasteiger partial charge in [0.2, 0.25) is 0 Å². The second-order valence-electron chi connectivity index (χ2n) is 5.96. The van der Waals surface area contributed by atoms with Gasteiger partial charge in [0.25, 0.3) is 11.5 Å². The average Bonchev–Trinajstić information content (AvgIpc) is 2.50. The monoisotopic (exact) mass is 336 g/mol. The van der Waals surface area contributed by atoms with Crippen molar-refractivity contribution in [2.75, 3.05) is 13.1 Å². The lowest BCUT2D eigenvalue weighted by Gasteiger charge is -2.30. The molecule has 0 saturated carbocycles. The first-order valence-corrected chi connectivity index (χ1v) is 7.56. The molecule has 7 heteroatoms. The summed E-state index contributed by atoms with van der Waals surface area (Å²) in [4.78, 5) is 29.1. The first kappa shape index (κ1) is 17.4. The van der Waals surface area contributed by atoms with E-state index >= 15 is 0 Å². The Hall–Kier alpha value is -1.92. The predicted octanol–water partition coefficient (Wildman–Crippen LogP) is 1.15. The molecule has 6 nitrogen and oxygen atoms in total. The van der Waals surface area contributed by atoms with Crippen molar-refractivity contribution in [3.8, 4) is 0 Å². The minimum absolute atomic E-state index is 0. The van der Waals surface area contributed by atoms with E-state index in [-0.39, 0.29) is 35.5 Å². The standard InChI is InChI=1S/C16H20N4O2.ClH/c1-10-3-4-14-18-7-12(16(22)20(14)9-10)15(21)19-13-8-17-6-5-11(13)2;/h3-4,7,9,11,13,17H,5-6,8H2,1-2H3,(H,19,21);1H. The summed E-state index contributed by atoms with van der Waals surface area (Å²) in [5.74, 6) is 0.0394. The molecule has 2 aromatic rings. The van der Waals surface area contributed by atoms with Gasteiger partial charge in [-0.25, -0.2) is 4.98 Å². The fourth-order valence-corrected chi connectivity index (χ4v) is 2.77. The number of aryl methyl sites for hydroxylation is 1. The summed E-state index contributed by atoms with van der Waals surface area (Å²) in [6, 6.07) is 3.70. The smallest absolute Gasteiger partial charge is 0.270 e. The summed E-state index contributed by atoms with van der Waals surface area (Å²) in [6.45, 7) is 5.70. The van der Waals surface area contributed by atoms with Crippen LogP contribution in [0.3, 0.4) is 0 Å². The molecule has 0 radical (unpaired) electrons. The van der Waals surface area contributed by atoms with Crippen molar-refractivity contribution in [3.63, 3.8) is 0 Å². The number of nitrogens with zero attached hydrogens (tertiary/aromatic N) is 2. The van der Waals surface area contributed by atoms with E-state index in [1.54, 1.807) is 12.3 Å². The highest BCUT2D eigenvalue weighted by molar-refractivity contribution is 5.94. The maximum absolute atomic E-state index is 12.5. The zero-order chi connectivity index (χ0) is 15.7. The molecule has 124 valence electrons. The van der Waals surface area contributed by atoms with Crippen molar-refractivity contribution < 1.29 is 4.79 Å². The van der Waals surface area contributed by atoms with Crippen molar-refractivity contribution in [2.45, 2.75) is 26.3 Å². The van der Waals surface area contributed by atoms with Gasteiger partial charge >= 0.3 is 0 Å². The highest BCUT2D eigenvalue weighted by Crippen LogP contribution is 2.11. The van der Waals surface area contributed by atoms with Crippen molar-refractivity contribution >= 4 is 24.0 Å². The normalized spacial score (nSPS) is 20.8. The van der Waals surface area contributed by atoms with E-state index in [0.29, 0.717) is 11.6 Å². The van der Waals surface area contributed by atoms with Crippen LogP contribution in [0.25, 0.3) is 5.65 Å². The van der Waals surface area contributed by atoms with Gasteiger partial charge < -0.3 is 10.6 Å². The molecular formula is C16H21ClN4O2. The van der Waals surface area contributed by atoms with Crippen molar-refractivity contribution in [3.05, 3.63) is 46.0 Å². The Kier molecular flexibility index (Phi) is 5.38. The molecule has 2 atom stereocenters. The number of amides is 1. The first-order valence-electron chi connectivity index (χ1n) is 7.56. The summed E-state index contributed by atoms with van der Waals surface area (Å²) in [5, 5.41) is 6.21. The lowest BCUT2D eigenvalue weighted by atomic mass is 9.94. The molecule has 2 unspecified atom stereocenters. The van der Waals surface area contributed by atoms with Gasteiger partial charge in [-0.05, 0) is 37.4 Å². The number of nitrogens with one attached hydrogen (secondary N) is 2. The van der Waals surface area contributed by atoms with Crippen LogP contribution in [0, 0.1) is 12.8 Å². The van der Waals surface area contributed by atoms with E-state index in [4.69, 9.17) is 0 Å². The number of hydrogen-bond donors (Lipinski definition) is 2. The molecule has 0 aromatic carbocycles. The van der Waals surface area contributed by atoms with Gasteiger partial charge in [-0.1, -0.05) is 13.0 Å². The maximum Gasteiger partial charge on any atom is 0.270 e. The lowest BCUT2D eigenvalue weighted by molar-refractivity contribution is 0.0913. The summed E-state index contributed by atoms with van der Waals surface area (Å²) < 4.78 is 1.42. The van der Waals surface area contributed by atoms with Gasteiger partial charge in [0, 0.05) is 25.0 Å². The molecule has 1 saturated heterocycles. The molecule has 1 amide bonds. The maximum atomic E-state index is 12.5. The Morgan fingerprint density at radius 2 is 2.22 bits per heavy atom. The van der Waals surface area contributed by atoms with Crippen LogP contribution >= 0.6 is 12.4 Å². The molecule has 0 bridgehead atoms. The Labute approximate surface area is 140 Å². The SMILES string of the molecule is Cc1ccc2ncc(C(=O)NC3CNCCC3C)c(=O)n2c1.Cl. The number of carbonyl (C=O) groups excluding carboxylic acids is 1. The topological polar surface area (TPSA) is 75.5 Å². The molecule has 3 rings (SSSR count). The molecule has 1 aliphatic heterocycles. The minimum atomic E-state index is -0.353. The third-order valence-corrected chi connectivity index (χ3v) is 4.24. The van der Waals surface area contributed by atoms with E-state index in [1.807, 2.05) is 13.0 Å². The predicted molar refractivity (Wildman–Crippen MR) is 91.4 cm³/mol. The molecule has 1 aliphatic rings. The number of rotatable bonds is 2. The largest absolute Gasteiger partial charge is 0.348 e. The third-order valence-electron chi connectivity index (χ3n) is 4.24. The Morgan fingerprint density at radius 1 is 1.43 bits per heavy atom. The van der Waals surface area contributed by atoms with Crippen LogP contribution in [0.4, 0.5) is 0 Å². The second kappa shape index (κ2) is 7.10. The fraction of sp³-hybridized carbons (Fsp3) is 0.438. The average molecular weight is 337 g/mol. The first-order chi connectivity index (χ1) is 10.6. The van der Waals surface area contributed by atoms with E-state index < -0.39 is 0 Å². The molecular weight excluding hydrogens is 316 g/mol. The van der Waals surface area contributed by atoms with Crippen molar-refractivity contribution in [2.24, 2.45) is 5.92 Å². The van der Waals surface area contributed by atoms with Crippen LogP contribution in [-0.4, -0.2) is 34.4 Å². The number of pyridine rings is 1. The lowest BCUT2D eigenvalue weighted by Crippen LogP contribution is -2.51. The molecule has 2 aromatic heterocycles. The quantitative estimate of drug-likeness (QED) is 0.862. The highest BCUT2D eigenvalue weighted by Gasteiger charge is 2.24. The molecule has 23 heavy (non-hydrogen) atoms. The Morgan fingerprint density at radius 3 is 2.96 bits per heavy atom. The minimum Gasteiger partial charge on any atom is -0.348 e. The van der Waals surface area contributed by atoms with Crippen molar-refractivity contribution in [1.82, 2.24) is 20.0 Å². The van der Waals surface area contributed by atoms with Gasteiger partial charge in [0.05, 0.1) is 0 Å². The number of fused-ring (bicyclic) bond motifs is 1. The van der Waals surface area contributed by atoms with E-state index in [9.17, 15) is 9.59 Å². The number of piperidine rings is 1. The number of carbonyl (C=O) groups is 1. The van der Waals surface area contributed by atoms with Crippen LogP contribution in [0.1, 0.15) is 29.3 Å². The van der Waals surface area contributed by atoms with Crippen molar-refractivity contribution in [1.29, 1.82) is 0 Å². The van der Waals surface area contributed by atoms with Crippen LogP contribution in [0.5, 0.6) is 0 Å².